The molecule has 0 radical (unpaired) electrons. The summed E-state index contributed by atoms with van der Waals surface area (Å²) in [5, 5.41) is 18.9. The Morgan fingerprint density at radius 3 is 2.29 bits per heavy atom. The summed E-state index contributed by atoms with van der Waals surface area (Å²) in [7, 11) is 2.29. The van der Waals surface area contributed by atoms with Gasteiger partial charge in [0, 0.05) is 42.4 Å². The molecule has 2 fully saturated rings. The molecule has 1 aromatic carbocycles. The smallest absolute Gasteiger partial charge is 0.348 e. The predicted molar refractivity (Wildman–Crippen MR) is 146 cm³/mol. The predicted octanol–water partition coefficient (Wildman–Crippen LogP) is 4.87. The number of quaternary nitrogens is 1. The number of esters is 2. The van der Waals surface area contributed by atoms with E-state index in [0.29, 0.717) is 35.6 Å². The summed E-state index contributed by atoms with van der Waals surface area (Å²) in [5.41, 5.74) is 0.453. The van der Waals surface area contributed by atoms with Crippen molar-refractivity contribution in [1.82, 2.24) is 0 Å². The maximum Gasteiger partial charge on any atom is 0.348 e. The van der Waals surface area contributed by atoms with Gasteiger partial charge in [0.15, 0.2) is 6.61 Å². The van der Waals surface area contributed by atoms with Crippen molar-refractivity contribution in [3.8, 4) is 5.75 Å². The Morgan fingerprint density at radius 1 is 1.05 bits per heavy atom. The quantitative estimate of drug-likeness (QED) is 0.283. The monoisotopic (exact) mass is 556 g/mol. The second kappa shape index (κ2) is 11.2. The van der Waals surface area contributed by atoms with E-state index < -0.39 is 11.6 Å². The summed E-state index contributed by atoms with van der Waals surface area (Å²) < 4.78 is 17.5. The van der Waals surface area contributed by atoms with Gasteiger partial charge in [0.1, 0.15) is 18.4 Å². The van der Waals surface area contributed by atoms with Crippen LogP contribution in [0.1, 0.15) is 49.3 Å². The number of fused-ring (bicyclic) bond motifs is 2. The van der Waals surface area contributed by atoms with Gasteiger partial charge in [-0.2, -0.15) is 22.7 Å². The fraction of sp³-hybridized carbons (Fsp3) is 0.448. The first kappa shape index (κ1) is 26.9. The minimum Gasteiger partial charge on any atom is -0.482 e. The molecule has 3 aromatic rings. The molecule has 202 valence electrons. The van der Waals surface area contributed by atoms with Crippen molar-refractivity contribution in [2.45, 2.75) is 62.9 Å². The first-order valence-electron chi connectivity index (χ1n) is 13.0. The standard InChI is InChI=1S/C29H34NO6S2/c1-3-34-27(31)17-35-25-6-4-5-20(13-25)16-30(2)23-7-8-24(30)15-26(14-23)36-28(32)29(33,21-9-11-37-18-21)22-10-12-38-19-22/h4-6,9-13,18-19,23-24,26,33H,3,7-8,14-17H2,1-2H3/q+1/t23-,24+,26-,30?. The fourth-order valence-electron chi connectivity index (χ4n) is 6.10. The van der Waals surface area contributed by atoms with E-state index in [4.69, 9.17) is 14.2 Å². The average Bonchev–Trinajstić information content (AvgIpc) is 3.65. The number of thiophene rings is 2. The van der Waals surface area contributed by atoms with Gasteiger partial charge in [-0.15, -0.1) is 0 Å². The minimum atomic E-state index is -1.79. The zero-order chi connectivity index (χ0) is 26.8. The molecule has 2 bridgehead atoms. The molecule has 2 aliphatic rings. The molecule has 4 atom stereocenters. The van der Waals surface area contributed by atoms with Crippen LogP contribution in [0.3, 0.4) is 0 Å². The first-order valence-corrected chi connectivity index (χ1v) is 14.9. The molecule has 0 saturated carbocycles. The van der Waals surface area contributed by atoms with Crippen LogP contribution in [0.15, 0.2) is 57.9 Å². The lowest BCUT2D eigenvalue weighted by molar-refractivity contribution is -0.961. The van der Waals surface area contributed by atoms with Crippen LogP contribution in [0.5, 0.6) is 5.75 Å². The number of nitrogens with zero attached hydrogens (tertiary/aromatic N) is 1. The highest BCUT2D eigenvalue weighted by Gasteiger charge is 2.53. The number of benzene rings is 1. The topological polar surface area (TPSA) is 82.1 Å². The number of aliphatic hydroxyl groups is 1. The Morgan fingerprint density at radius 2 is 1.71 bits per heavy atom. The highest BCUT2D eigenvalue weighted by atomic mass is 32.1. The van der Waals surface area contributed by atoms with Gasteiger partial charge < -0.3 is 23.8 Å². The van der Waals surface area contributed by atoms with Crippen LogP contribution in [-0.4, -0.2) is 60.0 Å². The Hall–Kier alpha value is -2.72. The number of carbonyl (C=O) groups is 2. The Balaban J connectivity index is 1.26. The molecule has 4 heterocycles. The molecule has 2 aromatic heterocycles. The number of carbonyl (C=O) groups excluding carboxylic acids is 2. The third-order valence-corrected chi connectivity index (χ3v) is 9.47. The lowest BCUT2D eigenvalue weighted by Crippen LogP contribution is -2.58. The zero-order valence-electron chi connectivity index (χ0n) is 21.7. The van der Waals surface area contributed by atoms with Crippen molar-refractivity contribution in [3.63, 3.8) is 0 Å². The van der Waals surface area contributed by atoms with E-state index in [1.165, 1.54) is 22.7 Å². The summed E-state index contributed by atoms with van der Waals surface area (Å²) >= 11 is 2.89. The SMILES string of the molecule is CCOC(=O)COc1cccc(C[N+]2(C)[C@@H]3CC[C@H]2C[C@H](OC(=O)C(O)(c2ccsc2)c2ccsc2)C3)c1. The number of hydrogen-bond donors (Lipinski definition) is 1. The molecule has 0 amide bonds. The summed E-state index contributed by atoms with van der Waals surface area (Å²) in [6.45, 7) is 2.83. The van der Waals surface area contributed by atoms with E-state index in [2.05, 4.69) is 13.1 Å². The van der Waals surface area contributed by atoms with Gasteiger partial charge in [-0.3, -0.25) is 0 Å². The van der Waals surface area contributed by atoms with Gasteiger partial charge >= 0.3 is 11.9 Å². The number of hydrogen-bond acceptors (Lipinski definition) is 8. The maximum absolute atomic E-state index is 13.5. The summed E-state index contributed by atoms with van der Waals surface area (Å²) in [5.74, 6) is -0.322. The first-order chi connectivity index (χ1) is 18.3. The second-order valence-electron chi connectivity index (χ2n) is 10.4. The summed E-state index contributed by atoms with van der Waals surface area (Å²) in [6, 6.07) is 12.2. The lowest BCUT2D eigenvalue weighted by atomic mass is 9.89. The van der Waals surface area contributed by atoms with Gasteiger partial charge in [-0.25, -0.2) is 9.59 Å². The van der Waals surface area contributed by atoms with Crippen LogP contribution in [0.2, 0.25) is 0 Å². The molecular weight excluding hydrogens is 522 g/mol. The fourth-order valence-corrected chi connectivity index (χ4v) is 7.50. The van der Waals surface area contributed by atoms with Crippen LogP contribution in [0.25, 0.3) is 0 Å². The van der Waals surface area contributed by atoms with E-state index >= 15 is 0 Å². The van der Waals surface area contributed by atoms with Gasteiger partial charge in [-0.1, -0.05) is 12.1 Å². The molecule has 1 N–H and O–H groups in total. The number of ether oxygens (including phenoxy) is 3. The van der Waals surface area contributed by atoms with Crippen molar-refractivity contribution in [1.29, 1.82) is 0 Å². The molecule has 1 unspecified atom stereocenters. The van der Waals surface area contributed by atoms with Crippen LogP contribution < -0.4 is 4.74 Å². The van der Waals surface area contributed by atoms with E-state index in [0.717, 1.165) is 42.3 Å². The van der Waals surface area contributed by atoms with Crippen molar-refractivity contribution in [3.05, 3.63) is 74.6 Å². The van der Waals surface area contributed by atoms with Crippen LogP contribution in [0.4, 0.5) is 0 Å². The number of piperidine rings is 1. The second-order valence-corrected chi connectivity index (χ2v) is 11.9. The highest BCUT2D eigenvalue weighted by molar-refractivity contribution is 7.08. The van der Waals surface area contributed by atoms with Crippen molar-refractivity contribution in [2.24, 2.45) is 0 Å². The summed E-state index contributed by atoms with van der Waals surface area (Å²) in [6.07, 6.45) is 3.46. The van der Waals surface area contributed by atoms with Gasteiger partial charge in [0.05, 0.1) is 25.7 Å². The maximum atomic E-state index is 13.5. The molecular formula is C29H34NO6S2+. The third-order valence-electron chi connectivity index (χ3n) is 8.10. The van der Waals surface area contributed by atoms with Crippen LogP contribution in [-0.2, 0) is 31.2 Å². The normalized spacial score (nSPS) is 24.7. The number of rotatable bonds is 10. The van der Waals surface area contributed by atoms with Gasteiger partial charge in [-0.05, 0) is 52.7 Å². The van der Waals surface area contributed by atoms with E-state index in [-0.39, 0.29) is 18.7 Å². The van der Waals surface area contributed by atoms with Crippen molar-refractivity contribution in [2.75, 3.05) is 20.3 Å². The molecule has 7 nitrogen and oxygen atoms in total. The third kappa shape index (κ3) is 5.25. The molecule has 0 spiro atoms. The average molecular weight is 557 g/mol. The lowest BCUT2D eigenvalue weighted by Gasteiger charge is -2.47. The minimum absolute atomic E-state index is 0.106. The van der Waals surface area contributed by atoms with Gasteiger partial charge in [0.25, 0.3) is 0 Å². The molecule has 2 aliphatic heterocycles. The van der Waals surface area contributed by atoms with Crippen molar-refractivity contribution < 1.29 is 33.4 Å². The Labute approximate surface area is 231 Å². The van der Waals surface area contributed by atoms with Gasteiger partial charge in [0.2, 0.25) is 5.60 Å². The molecule has 9 heteroatoms. The molecule has 5 rings (SSSR count). The summed E-state index contributed by atoms with van der Waals surface area (Å²) in [4.78, 5) is 25.2. The van der Waals surface area contributed by atoms with E-state index in [9.17, 15) is 14.7 Å². The zero-order valence-corrected chi connectivity index (χ0v) is 23.3. The van der Waals surface area contributed by atoms with Crippen molar-refractivity contribution >= 4 is 34.6 Å². The molecule has 2 saturated heterocycles. The Bertz CT molecular complexity index is 1190. The van der Waals surface area contributed by atoms with E-state index in [1.54, 1.807) is 19.1 Å². The Kier molecular flexibility index (Phi) is 7.90. The van der Waals surface area contributed by atoms with E-state index in [1.807, 2.05) is 39.7 Å². The van der Waals surface area contributed by atoms with Crippen LogP contribution >= 0.6 is 22.7 Å². The highest BCUT2D eigenvalue weighted by Crippen LogP contribution is 2.44. The largest absolute Gasteiger partial charge is 0.482 e. The van der Waals surface area contributed by atoms with Crippen LogP contribution in [0, 0.1) is 0 Å². The molecule has 0 aliphatic carbocycles. The molecule has 38 heavy (non-hydrogen) atoms.